The lowest BCUT2D eigenvalue weighted by molar-refractivity contribution is 0.0941. The maximum Gasteiger partial charge on any atom is 0.273 e. The molecule has 2 aromatic carbocycles. The van der Waals surface area contributed by atoms with Crippen LogP contribution in [0, 0.1) is 5.82 Å². The monoisotopic (exact) mass is 340 g/mol. The molecule has 0 atom stereocenters. The molecule has 0 saturated carbocycles. The molecule has 0 spiro atoms. The first-order valence-corrected chi connectivity index (χ1v) is 7.82. The van der Waals surface area contributed by atoms with E-state index in [4.69, 9.17) is 4.74 Å². The van der Waals surface area contributed by atoms with E-state index in [-0.39, 0.29) is 30.5 Å². The molecule has 0 saturated heterocycles. The van der Waals surface area contributed by atoms with Gasteiger partial charge in [-0.1, -0.05) is 47.7 Å². The predicted octanol–water partition coefficient (Wildman–Crippen LogP) is 2.27. The van der Waals surface area contributed by atoms with E-state index < -0.39 is 5.82 Å². The van der Waals surface area contributed by atoms with Crippen LogP contribution in [0.5, 0.6) is 5.75 Å². The highest BCUT2D eigenvalue weighted by molar-refractivity contribution is 5.91. The van der Waals surface area contributed by atoms with Gasteiger partial charge in [-0.05, 0) is 17.7 Å². The van der Waals surface area contributed by atoms with Crippen LogP contribution in [0.3, 0.4) is 0 Å². The number of para-hydroxylation sites is 1. The number of benzene rings is 2. The molecular weight excluding hydrogens is 323 g/mol. The lowest BCUT2D eigenvalue weighted by Crippen LogP contribution is -2.28. The number of amides is 1. The van der Waals surface area contributed by atoms with Gasteiger partial charge < -0.3 is 10.1 Å². The summed E-state index contributed by atoms with van der Waals surface area (Å²) < 4.78 is 20.3. The zero-order valence-electron chi connectivity index (χ0n) is 13.4. The molecule has 0 bridgehead atoms. The first-order chi connectivity index (χ1) is 12.2. The topological polar surface area (TPSA) is 69.0 Å². The summed E-state index contributed by atoms with van der Waals surface area (Å²) >= 11 is 0. The second-order valence-corrected chi connectivity index (χ2v) is 5.32. The predicted molar refractivity (Wildman–Crippen MR) is 89.8 cm³/mol. The van der Waals surface area contributed by atoms with E-state index in [1.165, 1.54) is 12.1 Å². The van der Waals surface area contributed by atoms with Crippen LogP contribution in [-0.2, 0) is 6.54 Å². The SMILES string of the molecule is O=C(NCCOc1ccccc1F)c1cn(Cc2ccccc2)nn1. The number of carbonyl (C=O) groups is 1. The van der Waals surface area contributed by atoms with Gasteiger partial charge in [0.05, 0.1) is 19.3 Å². The highest BCUT2D eigenvalue weighted by atomic mass is 19.1. The molecule has 128 valence electrons. The second kappa shape index (κ2) is 8.05. The summed E-state index contributed by atoms with van der Waals surface area (Å²) in [7, 11) is 0. The molecule has 0 unspecified atom stereocenters. The van der Waals surface area contributed by atoms with Gasteiger partial charge in [-0.25, -0.2) is 9.07 Å². The molecule has 1 heterocycles. The average molecular weight is 340 g/mol. The number of ether oxygens (including phenoxy) is 1. The van der Waals surface area contributed by atoms with E-state index in [9.17, 15) is 9.18 Å². The van der Waals surface area contributed by atoms with Gasteiger partial charge in [0, 0.05) is 0 Å². The van der Waals surface area contributed by atoms with Crippen molar-refractivity contribution >= 4 is 5.91 Å². The number of hydrogen-bond donors (Lipinski definition) is 1. The van der Waals surface area contributed by atoms with Gasteiger partial charge in [0.1, 0.15) is 6.61 Å². The highest BCUT2D eigenvalue weighted by Gasteiger charge is 2.10. The number of nitrogens with zero attached hydrogens (tertiary/aromatic N) is 3. The number of hydrogen-bond acceptors (Lipinski definition) is 4. The summed E-state index contributed by atoms with van der Waals surface area (Å²) in [5.41, 5.74) is 1.29. The Labute approximate surface area is 144 Å². The molecule has 3 rings (SSSR count). The molecule has 0 aliphatic carbocycles. The first-order valence-electron chi connectivity index (χ1n) is 7.82. The van der Waals surface area contributed by atoms with Gasteiger partial charge in [0.2, 0.25) is 0 Å². The fourth-order valence-corrected chi connectivity index (χ4v) is 2.23. The second-order valence-electron chi connectivity index (χ2n) is 5.32. The normalized spacial score (nSPS) is 10.4. The Balaban J connectivity index is 1.46. The quantitative estimate of drug-likeness (QED) is 0.670. The van der Waals surface area contributed by atoms with E-state index in [0.717, 1.165) is 5.56 Å². The molecule has 0 radical (unpaired) electrons. The Morgan fingerprint density at radius 3 is 2.68 bits per heavy atom. The zero-order valence-corrected chi connectivity index (χ0v) is 13.4. The lowest BCUT2D eigenvalue weighted by atomic mass is 10.2. The largest absolute Gasteiger partial charge is 0.489 e. The molecule has 1 amide bonds. The molecular formula is C18H17FN4O2. The van der Waals surface area contributed by atoms with Crippen LogP contribution in [0.4, 0.5) is 4.39 Å². The highest BCUT2D eigenvalue weighted by Crippen LogP contribution is 2.14. The van der Waals surface area contributed by atoms with Gasteiger partial charge in [0.15, 0.2) is 17.3 Å². The maximum absolute atomic E-state index is 13.4. The van der Waals surface area contributed by atoms with Crippen LogP contribution in [0.25, 0.3) is 0 Å². The number of aromatic nitrogens is 3. The summed E-state index contributed by atoms with van der Waals surface area (Å²) in [5, 5.41) is 10.5. The number of carbonyl (C=O) groups excluding carboxylic acids is 1. The van der Waals surface area contributed by atoms with Crippen LogP contribution in [0.2, 0.25) is 0 Å². The van der Waals surface area contributed by atoms with E-state index in [1.807, 2.05) is 30.3 Å². The van der Waals surface area contributed by atoms with Crippen molar-refractivity contribution in [3.63, 3.8) is 0 Å². The smallest absolute Gasteiger partial charge is 0.273 e. The first kappa shape index (κ1) is 16.6. The third kappa shape index (κ3) is 4.63. The molecule has 3 aromatic rings. The van der Waals surface area contributed by atoms with Crippen LogP contribution >= 0.6 is 0 Å². The summed E-state index contributed by atoms with van der Waals surface area (Å²) in [4.78, 5) is 12.0. The van der Waals surface area contributed by atoms with Crippen molar-refractivity contribution in [3.05, 3.63) is 77.9 Å². The van der Waals surface area contributed by atoms with Gasteiger partial charge in [-0.3, -0.25) is 4.79 Å². The van der Waals surface area contributed by atoms with Crippen LogP contribution in [-0.4, -0.2) is 34.1 Å². The van der Waals surface area contributed by atoms with Gasteiger partial charge in [-0.15, -0.1) is 5.10 Å². The zero-order chi connectivity index (χ0) is 17.5. The van der Waals surface area contributed by atoms with Crippen LogP contribution < -0.4 is 10.1 Å². The molecule has 25 heavy (non-hydrogen) atoms. The van der Waals surface area contributed by atoms with Crippen molar-refractivity contribution < 1.29 is 13.9 Å². The Hall–Kier alpha value is -3.22. The molecule has 1 N–H and O–H groups in total. The molecule has 1 aromatic heterocycles. The van der Waals surface area contributed by atoms with Crippen LogP contribution in [0.1, 0.15) is 16.1 Å². The number of nitrogens with one attached hydrogen (secondary N) is 1. The van der Waals surface area contributed by atoms with Crippen molar-refractivity contribution in [1.29, 1.82) is 0 Å². The van der Waals surface area contributed by atoms with Gasteiger partial charge in [-0.2, -0.15) is 0 Å². The van der Waals surface area contributed by atoms with E-state index in [0.29, 0.717) is 6.54 Å². The standard InChI is InChI=1S/C18H17FN4O2/c19-15-8-4-5-9-17(15)25-11-10-20-18(24)16-13-23(22-21-16)12-14-6-2-1-3-7-14/h1-9,13H,10-12H2,(H,20,24). The van der Waals surface area contributed by atoms with E-state index in [1.54, 1.807) is 23.0 Å². The lowest BCUT2D eigenvalue weighted by Gasteiger charge is -2.07. The molecule has 0 fully saturated rings. The average Bonchev–Trinajstić information content (AvgIpc) is 3.09. The Morgan fingerprint density at radius 1 is 1.12 bits per heavy atom. The summed E-state index contributed by atoms with van der Waals surface area (Å²) in [6.45, 7) is 0.932. The van der Waals surface area contributed by atoms with E-state index in [2.05, 4.69) is 15.6 Å². The maximum atomic E-state index is 13.4. The van der Waals surface area contributed by atoms with Gasteiger partial charge in [0.25, 0.3) is 5.91 Å². The van der Waals surface area contributed by atoms with Gasteiger partial charge >= 0.3 is 0 Å². The third-order valence-corrected chi connectivity index (χ3v) is 3.44. The van der Waals surface area contributed by atoms with E-state index >= 15 is 0 Å². The Kier molecular flexibility index (Phi) is 5.36. The molecule has 7 heteroatoms. The molecule has 0 aliphatic rings. The third-order valence-electron chi connectivity index (χ3n) is 3.44. The van der Waals surface area contributed by atoms with Crippen molar-refractivity contribution in [2.75, 3.05) is 13.2 Å². The van der Waals surface area contributed by atoms with Crippen molar-refractivity contribution in [2.24, 2.45) is 0 Å². The minimum Gasteiger partial charge on any atom is -0.489 e. The van der Waals surface area contributed by atoms with Crippen molar-refractivity contribution in [2.45, 2.75) is 6.54 Å². The molecule has 6 nitrogen and oxygen atoms in total. The Bertz CT molecular complexity index is 836. The van der Waals surface area contributed by atoms with Crippen LogP contribution in [0.15, 0.2) is 60.8 Å². The summed E-state index contributed by atoms with van der Waals surface area (Å²) in [6.07, 6.45) is 1.58. The minimum absolute atomic E-state index is 0.158. The van der Waals surface area contributed by atoms with Crippen molar-refractivity contribution in [3.8, 4) is 5.75 Å². The fourth-order valence-electron chi connectivity index (χ4n) is 2.23. The van der Waals surface area contributed by atoms with Crippen molar-refractivity contribution in [1.82, 2.24) is 20.3 Å². The number of halogens is 1. The number of rotatable bonds is 7. The Morgan fingerprint density at radius 2 is 1.88 bits per heavy atom. The fraction of sp³-hybridized carbons (Fsp3) is 0.167. The summed E-state index contributed by atoms with van der Waals surface area (Å²) in [6, 6.07) is 15.9. The summed E-state index contributed by atoms with van der Waals surface area (Å²) in [5.74, 6) is -0.625. The minimum atomic E-state index is -0.433. The molecule has 0 aliphatic heterocycles.